The molecule has 0 aliphatic heterocycles. The van der Waals surface area contributed by atoms with Gasteiger partial charge in [-0.05, 0) is 54.4 Å². The Hall–Kier alpha value is -2.30. The minimum absolute atomic E-state index is 0.0236. The van der Waals surface area contributed by atoms with E-state index in [1.165, 1.54) is 0 Å². The Morgan fingerprint density at radius 3 is 2.16 bits per heavy atom. The van der Waals surface area contributed by atoms with Gasteiger partial charge in [-0.1, -0.05) is 52.3 Å². The van der Waals surface area contributed by atoms with E-state index in [-0.39, 0.29) is 6.04 Å². The maximum absolute atomic E-state index is 5.92. The van der Waals surface area contributed by atoms with Crippen molar-refractivity contribution in [2.24, 2.45) is 5.73 Å². The molecule has 0 saturated carbocycles. The van der Waals surface area contributed by atoms with Crippen molar-refractivity contribution in [1.29, 1.82) is 0 Å². The molecule has 0 aliphatic rings. The molecule has 0 saturated heterocycles. The molecule has 0 spiro atoms. The fourth-order valence-electron chi connectivity index (χ4n) is 2.42. The molecule has 0 radical (unpaired) electrons. The molecule has 0 aromatic heterocycles. The van der Waals surface area contributed by atoms with E-state index in [0.717, 1.165) is 32.8 Å². The van der Waals surface area contributed by atoms with Gasteiger partial charge in [-0.15, -0.1) is 0 Å². The van der Waals surface area contributed by atoms with Crippen LogP contribution in [0.25, 0.3) is 0 Å². The molecule has 0 bridgehead atoms. The van der Waals surface area contributed by atoms with Crippen molar-refractivity contribution in [2.75, 3.05) is 0 Å². The van der Waals surface area contributed by atoms with Gasteiger partial charge < -0.3 is 15.2 Å². The van der Waals surface area contributed by atoms with Gasteiger partial charge in [0.2, 0.25) is 0 Å². The average molecular weight is 398 g/mol. The summed E-state index contributed by atoms with van der Waals surface area (Å²) in [4.78, 5) is 0. The van der Waals surface area contributed by atoms with Gasteiger partial charge >= 0.3 is 0 Å². The highest BCUT2D eigenvalue weighted by Gasteiger charge is 2.07. The van der Waals surface area contributed by atoms with Crippen molar-refractivity contribution in [1.82, 2.24) is 0 Å². The van der Waals surface area contributed by atoms with E-state index < -0.39 is 0 Å². The van der Waals surface area contributed by atoms with E-state index in [2.05, 4.69) is 15.9 Å². The molecule has 3 aromatic rings. The number of halogens is 1. The summed E-state index contributed by atoms with van der Waals surface area (Å²) in [7, 11) is 0. The molecule has 2 N–H and O–H groups in total. The third-order valence-electron chi connectivity index (χ3n) is 3.77. The molecule has 0 unspecified atom stereocenters. The van der Waals surface area contributed by atoms with E-state index in [1.54, 1.807) is 0 Å². The van der Waals surface area contributed by atoms with Crippen LogP contribution in [0.15, 0.2) is 77.3 Å². The second-order valence-electron chi connectivity index (χ2n) is 5.82. The topological polar surface area (TPSA) is 44.5 Å². The summed E-state index contributed by atoms with van der Waals surface area (Å²) < 4.78 is 12.6. The molecule has 0 heterocycles. The van der Waals surface area contributed by atoms with Crippen molar-refractivity contribution in [2.45, 2.75) is 19.6 Å². The molecule has 1 atom stereocenters. The number of hydrogen-bond donors (Lipinski definition) is 1. The predicted molar refractivity (Wildman–Crippen MR) is 104 cm³/mol. The number of rotatable bonds is 6. The zero-order valence-corrected chi connectivity index (χ0v) is 15.6. The molecule has 0 amide bonds. The predicted octanol–water partition coefficient (Wildman–Crippen LogP) is 5.84. The van der Waals surface area contributed by atoms with Crippen LogP contribution >= 0.6 is 15.9 Å². The number of nitrogens with two attached hydrogens (primary N) is 1. The van der Waals surface area contributed by atoms with Gasteiger partial charge in [0.15, 0.2) is 0 Å². The van der Waals surface area contributed by atoms with Gasteiger partial charge in [0.05, 0.1) is 0 Å². The maximum Gasteiger partial charge on any atom is 0.128 e. The van der Waals surface area contributed by atoms with Crippen LogP contribution in [0.5, 0.6) is 17.2 Å². The molecular weight excluding hydrogens is 378 g/mol. The first-order valence-corrected chi connectivity index (χ1v) is 8.91. The average Bonchev–Trinajstić information content (AvgIpc) is 2.62. The van der Waals surface area contributed by atoms with E-state index in [4.69, 9.17) is 15.2 Å². The van der Waals surface area contributed by atoms with Crippen LogP contribution in [-0.2, 0) is 6.61 Å². The third kappa shape index (κ3) is 4.84. The van der Waals surface area contributed by atoms with E-state index in [0.29, 0.717) is 6.61 Å². The SMILES string of the molecule is C[C@@H](N)c1ccc(Oc2ccc(OCc3ccccc3)cc2)cc1Br. The Morgan fingerprint density at radius 1 is 0.880 bits per heavy atom. The lowest BCUT2D eigenvalue weighted by Gasteiger charge is -2.12. The normalized spacial score (nSPS) is 11.8. The summed E-state index contributed by atoms with van der Waals surface area (Å²) in [5.74, 6) is 2.33. The first-order chi connectivity index (χ1) is 12.1. The highest BCUT2D eigenvalue weighted by Crippen LogP contribution is 2.30. The molecule has 3 rings (SSSR count). The summed E-state index contributed by atoms with van der Waals surface area (Å²) in [6.45, 7) is 2.50. The van der Waals surface area contributed by atoms with Crippen molar-refractivity contribution < 1.29 is 9.47 Å². The second kappa shape index (κ2) is 8.19. The van der Waals surface area contributed by atoms with Crippen LogP contribution in [0.1, 0.15) is 24.1 Å². The smallest absolute Gasteiger partial charge is 0.128 e. The summed E-state index contributed by atoms with van der Waals surface area (Å²) in [5, 5.41) is 0. The first-order valence-electron chi connectivity index (χ1n) is 8.11. The highest BCUT2D eigenvalue weighted by atomic mass is 79.9. The zero-order chi connectivity index (χ0) is 17.6. The molecule has 128 valence electrons. The number of benzene rings is 3. The lowest BCUT2D eigenvalue weighted by Crippen LogP contribution is -2.05. The number of ether oxygens (including phenoxy) is 2. The monoisotopic (exact) mass is 397 g/mol. The fourth-order valence-corrected chi connectivity index (χ4v) is 3.14. The van der Waals surface area contributed by atoms with Crippen molar-refractivity contribution in [3.63, 3.8) is 0 Å². The van der Waals surface area contributed by atoms with Crippen LogP contribution in [0.2, 0.25) is 0 Å². The third-order valence-corrected chi connectivity index (χ3v) is 4.46. The van der Waals surface area contributed by atoms with Gasteiger partial charge in [0, 0.05) is 10.5 Å². The first kappa shape index (κ1) is 17.5. The van der Waals surface area contributed by atoms with Gasteiger partial charge in [-0.2, -0.15) is 0 Å². The second-order valence-corrected chi connectivity index (χ2v) is 6.67. The Bertz CT molecular complexity index is 817. The van der Waals surface area contributed by atoms with Crippen LogP contribution in [0.3, 0.4) is 0 Å². The molecule has 3 aromatic carbocycles. The molecule has 25 heavy (non-hydrogen) atoms. The van der Waals surface area contributed by atoms with Crippen molar-refractivity contribution >= 4 is 15.9 Å². The Kier molecular flexibility index (Phi) is 5.74. The summed E-state index contributed by atoms with van der Waals surface area (Å²) >= 11 is 3.54. The molecule has 3 nitrogen and oxygen atoms in total. The summed E-state index contributed by atoms with van der Waals surface area (Å²) in [5.41, 5.74) is 8.11. The van der Waals surface area contributed by atoms with Crippen LogP contribution in [-0.4, -0.2) is 0 Å². The Balaban J connectivity index is 1.62. The lowest BCUT2D eigenvalue weighted by atomic mass is 10.1. The van der Waals surface area contributed by atoms with Crippen LogP contribution < -0.4 is 15.2 Å². The Labute approximate surface area is 156 Å². The zero-order valence-electron chi connectivity index (χ0n) is 14.0. The van der Waals surface area contributed by atoms with Gasteiger partial charge in [-0.25, -0.2) is 0 Å². The quantitative estimate of drug-likeness (QED) is 0.567. The largest absolute Gasteiger partial charge is 0.489 e. The molecule has 0 aliphatic carbocycles. The Morgan fingerprint density at radius 2 is 1.52 bits per heavy atom. The molecule has 0 fully saturated rings. The minimum Gasteiger partial charge on any atom is -0.489 e. The van der Waals surface area contributed by atoms with Gasteiger partial charge in [0.1, 0.15) is 23.9 Å². The summed E-state index contributed by atoms with van der Waals surface area (Å²) in [6, 6.07) is 23.5. The van der Waals surface area contributed by atoms with Gasteiger partial charge in [-0.3, -0.25) is 0 Å². The molecular formula is C21H20BrNO2. The fraction of sp³-hybridized carbons (Fsp3) is 0.143. The summed E-state index contributed by atoms with van der Waals surface area (Å²) in [6.07, 6.45) is 0. The van der Waals surface area contributed by atoms with Gasteiger partial charge in [0.25, 0.3) is 0 Å². The van der Waals surface area contributed by atoms with Crippen LogP contribution in [0, 0.1) is 0 Å². The van der Waals surface area contributed by atoms with E-state index in [1.807, 2.05) is 79.7 Å². The maximum atomic E-state index is 5.92. The molecule has 4 heteroatoms. The minimum atomic E-state index is -0.0236. The highest BCUT2D eigenvalue weighted by molar-refractivity contribution is 9.10. The van der Waals surface area contributed by atoms with E-state index >= 15 is 0 Å². The number of hydrogen-bond acceptors (Lipinski definition) is 3. The van der Waals surface area contributed by atoms with Crippen molar-refractivity contribution in [3.05, 3.63) is 88.4 Å². The van der Waals surface area contributed by atoms with E-state index in [9.17, 15) is 0 Å². The lowest BCUT2D eigenvalue weighted by molar-refractivity contribution is 0.306. The standard InChI is InChI=1S/C21H20BrNO2/c1-15(23)20-12-11-19(13-21(20)22)25-18-9-7-17(8-10-18)24-14-16-5-3-2-4-6-16/h2-13,15H,14,23H2,1H3/t15-/m1/s1. The van der Waals surface area contributed by atoms with Crippen molar-refractivity contribution in [3.8, 4) is 17.2 Å². The van der Waals surface area contributed by atoms with Crippen LogP contribution in [0.4, 0.5) is 0 Å².